The molecule has 4 nitrogen and oxygen atoms in total. The van der Waals surface area contributed by atoms with Crippen LogP contribution in [0.5, 0.6) is 0 Å². The Hall–Kier alpha value is -1.72. The van der Waals surface area contributed by atoms with E-state index in [0.717, 1.165) is 22.7 Å². The number of aromatic nitrogens is 1. The van der Waals surface area contributed by atoms with E-state index < -0.39 is 0 Å². The summed E-state index contributed by atoms with van der Waals surface area (Å²) in [5.41, 5.74) is 8.03. The quantitative estimate of drug-likeness (QED) is 0.856. The summed E-state index contributed by atoms with van der Waals surface area (Å²) in [7, 11) is 0. The lowest BCUT2D eigenvalue weighted by atomic mass is 10.0. The summed E-state index contributed by atoms with van der Waals surface area (Å²) < 4.78 is 0. The fraction of sp³-hybridized carbons (Fsp3) is 0.333. The van der Waals surface area contributed by atoms with Gasteiger partial charge in [0, 0.05) is 36.5 Å². The van der Waals surface area contributed by atoms with Gasteiger partial charge in [-0.2, -0.15) is 0 Å². The second kappa shape index (κ2) is 7.17. The molecule has 0 aliphatic carbocycles. The van der Waals surface area contributed by atoms with E-state index in [1.54, 1.807) is 11.3 Å². The number of nitrogens with zero attached hydrogens (tertiary/aromatic N) is 1. The van der Waals surface area contributed by atoms with Gasteiger partial charge in [0.2, 0.25) is 5.91 Å². The normalized spacial score (nSPS) is 12.1. The van der Waals surface area contributed by atoms with E-state index in [1.165, 1.54) is 0 Å². The average molecular weight is 289 g/mol. The summed E-state index contributed by atoms with van der Waals surface area (Å²) in [4.78, 5) is 16.2. The first-order valence-corrected chi connectivity index (χ1v) is 7.51. The molecule has 1 atom stereocenters. The minimum Gasteiger partial charge on any atom is -0.356 e. The monoisotopic (exact) mass is 289 g/mol. The third-order valence-corrected chi connectivity index (χ3v) is 3.99. The number of hydrogen-bond acceptors (Lipinski definition) is 4. The highest BCUT2D eigenvalue weighted by Crippen LogP contribution is 2.13. The van der Waals surface area contributed by atoms with E-state index in [4.69, 9.17) is 5.73 Å². The van der Waals surface area contributed by atoms with Crippen molar-refractivity contribution in [1.82, 2.24) is 10.3 Å². The van der Waals surface area contributed by atoms with Crippen LogP contribution in [0.1, 0.15) is 28.7 Å². The molecule has 0 aliphatic rings. The second-order valence-electron chi connectivity index (χ2n) is 4.70. The van der Waals surface area contributed by atoms with E-state index >= 15 is 0 Å². The van der Waals surface area contributed by atoms with Gasteiger partial charge in [0.15, 0.2) is 0 Å². The molecule has 0 spiro atoms. The summed E-state index contributed by atoms with van der Waals surface area (Å²) in [6.07, 6.45) is 1.08. The largest absolute Gasteiger partial charge is 0.356 e. The van der Waals surface area contributed by atoms with Crippen molar-refractivity contribution in [1.29, 1.82) is 0 Å². The standard InChI is InChI=1S/C15H19N3OS/c1-11-10-20-15(18-11)7-8-17-14(19)9-13(16)12-5-3-2-4-6-12/h2-6,10,13H,7-9,16H2,1H3,(H,17,19). The third kappa shape index (κ3) is 4.43. The maximum atomic E-state index is 11.8. The maximum Gasteiger partial charge on any atom is 0.221 e. The number of thiazole rings is 1. The van der Waals surface area contributed by atoms with Crippen LogP contribution in [0.25, 0.3) is 0 Å². The van der Waals surface area contributed by atoms with Crippen molar-refractivity contribution < 1.29 is 4.79 Å². The van der Waals surface area contributed by atoms with Crippen LogP contribution in [0.3, 0.4) is 0 Å². The number of aryl methyl sites for hydroxylation is 1. The molecule has 106 valence electrons. The summed E-state index contributed by atoms with van der Waals surface area (Å²) >= 11 is 1.62. The van der Waals surface area contributed by atoms with Gasteiger partial charge in [-0.25, -0.2) is 4.98 Å². The SMILES string of the molecule is Cc1csc(CCNC(=O)CC(N)c2ccccc2)n1. The van der Waals surface area contributed by atoms with E-state index in [9.17, 15) is 4.79 Å². The Morgan fingerprint density at radius 2 is 2.15 bits per heavy atom. The van der Waals surface area contributed by atoms with Gasteiger partial charge in [0.05, 0.1) is 5.01 Å². The fourth-order valence-corrected chi connectivity index (χ4v) is 2.69. The molecule has 1 aromatic heterocycles. The number of amides is 1. The first kappa shape index (κ1) is 14.7. The second-order valence-corrected chi connectivity index (χ2v) is 5.65. The topological polar surface area (TPSA) is 68.0 Å². The lowest BCUT2D eigenvalue weighted by Gasteiger charge is -2.11. The zero-order chi connectivity index (χ0) is 14.4. The summed E-state index contributed by atoms with van der Waals surface area (Å²) in [6, 6.07) is 9.42. The molecule has 0 radical (unpaired) electrons. The number of nitrogens with one attached hydrogen (secondary N) is 1. The molecule has 1 heterocycles. The Balaban J connectivity index is 1.73. The first-order valence-electron chi connectivity index (χ1n) is 6.63. The van der Waals surface area contributed by atoms with E-state index in [1.807, 2.05) is 42.6 Å². The zero-order valence-corrected chi connectivity index (χ0v) is 12.3. The van der Waals surface area contributed by atoms with Gasteiger partial charge in [-0.15, -0.1) is 11.3 Å². The molecule has 1 amide bonds. The molecule has 1 unspecified atom stereocenters. The predicted octanol–water partition coefficient (Wildman–Crippen LogP) is 2.20. The molecule has 0 saturated carbocycles. The van der Waals surface area contributed by atoms with Gasteiger partial charge < -0.3 is 11.1 Å². The van der Waals surface area contributed by atoms with Gasteiger partial charge >= 0.3 is 0 Å². The van der Waals surface area contributed by atoms with Crippen LogP contribution >= 0.6 is 11.3 Å². The van der Waals surface area contributed by atoms with Crippen LogP contribution in [-0.4, -0.2) is 17.4 Å². The lowest BCUT2D eigenvalue weighted by Crippen LogP contribution is -2.29. The molecule has 0 saturated heterocycles. The van der Waals surface area contributed by atoms with Crippen molar-refractivity contribution in [3.8, 4) is 0 Å². The van der Waals surface area contributed by atoms with Gasteiger partial charge in [0.1, 0.15) is 0 Å². The number of hydrogen-bond donors (Lipinski definition) is 2. The minimum absolute atomic E-state index is 0.0189. The highest BCUT2D eigenvalue weighted by atomic mass is 32.1. The van der Waals surface area contributed by atoms with Crippen LogP contribution in [0.2, 0.25) is 0 Å². The van der Waals surface area contributed by atoms with Gasteiger partial charge in [-0.1, -0.05) is 30.3 Å². The van der Waals surface area contributed by atoms with Crippen molar-refractivity contribution in [2.45, 2.75) is 25.8 Å². The highest BCUT2D eigenvalue weighted by Gasteiger charge is 2.11. The molecule has 3 N–H and O–H groups in total. The number of nitrogens with two attached hydrogens (primary N) is 1. The molecule has 1 aromatic carbocycles. The van der Waals surface area contributed by atoms with Gasteiger partial charge in [-0.3, -0.25) is 4.79 Å². The van der Waals surface area contributed by atoms with Crippen molar-refractivity contribution >= 4 is 17.2 Å². The summed E-state index contributed by atoms with van der Waals surface area (Å²) in [6.45, 7) is 2.57. The molecule has 2 rings (SSSR count). The third-order valence-electron chi connectivity index (χ3n) is 2.96. The molecular weight excluding hydrogens is 270 g/mol. The van der Waals surface area contributed by atoms with Crippen LogP contribution in [0, 0.1) is 6.92 Å². The van der Waals surface area contributed by atoms with Crippen molar-refractivity contribution in [2.24, 2.45) is 5.73 Å². The molecule has 0 bridgehead atoms. The maximum absolute atomic E-state index is 11.8. The summed E-state index contributed by atoms with van der Waals surface area (Å²) in [5.74, 6) is -0.0189. The molecule has 0 aliphatic heterocycles. The summed E-state index contributed by atoms with van der Waals surface area (Å²) in [5, 5.41) is 5.96. The zero-order valence-electron chi connectivity index (χ0n) is 11.5. The van der Waals surface area contributed by atoms with Crippen LogP contribution in [-0.2, 0) is 11.2 Å². The number of carbonyl (C=O) groups excluding carboxylic acids is 1. The van der Waals surface area contributed by atoms with Gasteiger partial charge in [-0.05, 0) is 12.5 Å². The molecular formula is C15H19N3OS. The Kier molecular flexibility index (Phi) is 5.26. The lowest BCUT2D eigenvalue weighted by molar-refractivity contribution is -0.121. The fourth-order valence-electron chi connectivity index (χ4n) is 1.92. The molecule has 20 heavy (non-hydrogen) atoms. The number of rotatable bonds is 6. The smallest absolute Gasteiger partial charge is 0.221 e. The van der Waals surface area contributed by atoms with E-state index in [-0.39, 0.29) is 11.9 Å². The highest BCUT2D eigenvalue weighted by molar-refractivity contribution is 7.09. The predicted molar refractivity (Wildman–Crippen MR) is 81.6 cm³/mol. The van der Waals surface area contributed by atoms with Crippen LogP contribution in [0.15, 0.2) is 35.7 Å². The van der Waals surface area contributed by atoms with Crippen molar-refractivity contribution in [3.63, 3.8) is 0 Å². The first-order chi connectivity index (χ1) is 9.65. The number of carbonyl (C=O) groups is 1. The van der Waals surface area contributed by atoms with Gasteiger partial charge in [0.25, 0.3) is 0 Å². The average Bonchev–Trinajstić information content (AvgIpc) is 2.85. The minimum atomic E-state index is -0.252. The van der Waals surface area contributed by atoms with Crippen LogP contribution < -0.4 is 11.1 Å². The Morgan fingerprint density at radius 3 is 2.80 bits per heavy atom. The van der Waals surface area contributed by atoms with Crippen molar-refractivity contribution in [2.75, 3.05) is 6.54 Å². The Labute approximate surface area is 123 Å². The Morgan fingerprint density at radius 1 is 1.40 bits per heavy atom. The van der Waals surface area contributed by atoms with E-state index in [0.29, 0.717) is 13.0 Å². The van der Waals surface area contributed by atoms with Crippen LogP contribution in [0.4, 0.5) is 0 Å². The molecule has 2 aromatic rings. The van der Waals surface area contributed by atoms with E-state index in [2.05, 4.69) is 10.3 Å². The molecule has 5 heteroatoms. The van der Waals surface area contributed by atoms with Crippen molar-refractivity contribution in [3.05, 3.63) is 52.0 Å². The molecule has 0 fully saturated rings. The number of benzene rings is 1. The Bertz CT molecular complexity index is 553.